The van der Waals surface area contributed by atoms with Crippen LogP contribution in [-0.4, -0.2) is 23.8 Å². The van der Waals surface area contributed by atoms with Gasteiger partial charge in [-0.15, -0.1) is 0 Å². The van der Waals surface area contributed by atoms with Crippen LogP contribution < -0.4 is 0 Å². The molecule has 5 aliphatic rings. The normalized spacial score (nSPS) is 56.4. The molecule has 0 amide bonds. The quantitative estimate of drug-likeness (QED) is 0.476. The predicted molar refractivity (Wildman–Crippen MR) is 72.5 cm³/mol. The number of aliphatic hydroxyl groups excluding tert-OH is 1. The van der Waals surface area contributed by atoms with E-state index < -0.39 is 6.10 Å². The molecule has 20 heavy (non-hydrogen) atoms. The van der Waals surface area contributed by atoms with Crippen LogP contribution in [0.25, 0.3) is 0 Å². The predicted octanol–water partition coefficient (Wildman–Crippen LogP) is 2.00. The van der Waals surface area contributed by atoms with E-state index in [2.05, 4.69) is 12.2 Å². The first-order valence-electron chi connectivity index (χ1n) is 8.27. The van der Waals surface area contributed by atoms with Gasteiger partial charge in [0, 0.05) is 0 Å². The van der Waals surface area contributed by atoms with Gasteiger partial charge in [0.1, 0.15) is 0 Å². The van der Waals surface area contributed by atoms with E-state index in [1.165, 1.54) is 12.8 Å². The number of aliphatic hydroxyl groups is 1. The molecular weight excluding hydrogens is 252 g/mol. The molecule has 4 fully saturated rings. The molecule has 5 rings (SSSR count). The third kappa shape index (κ3) is 1.33. The molecule has 3 saturated carbocycles. The second-order valence-corrected chi connectivity index (χ2v) is 7.72. The highest BCUT2D eigenvalue weighted by Crippen LogP contribution is 2.67. The molecular formula is C17H22O3. The van der Waals surface area contributed by atoms with E-state index >= 15 is 0 Å². The van der Waals surface area contributed by atoms with E-state index in [9.17, 15) is 9.90 Å². The third-order valence-electron chi connectivity index (χ3n) is 7.15. The number of carbonyl (C=O) groups excluding carboxylic acids is 1. The van der Waals surface area contributed by atoms with Gasteiger partial charge in [0.15, 0.2) is 0 Å². The zero-order valence-electron chi connectivity index (χ0n) is 11.7. The standard InChI is InChI=1S/C17H22O3/c18-16(11-3-4-20-17(11)19)13-7-10-6-12(13)15-9-2-1-8(5-9)14(10)15/h1-2,8-16,18H,3-7H2. The minimum atomic E-state index is -0.455. The number of cyclic esters (lactones) is 1. The summed E-state index contributed by atoms with van der Waals surface area (Å²) in [6, 6.07) is 0. The maximum Gasteiger partial charge on any atom is 0.311 e. The van der Waals surface area contributed by atoms with Crippen LogP contribution in [0.1, 0.15) is 25.7 Å². The van der Waals surface area contributed by atoms with Crippen molar-refractivity contribution >= 4 is 5.97 Å². The molecule has 1 saturated heterocycles. The van der Waals surface area contributed by atoms with E-state index in [-0.39, 0.29) is 11.9 Å². The number of ether oxygens (including phenoxy) is 1. The Morgan fingerprint density at radius 3 is 2.70 bits per heavy atom. The molecule has 0 radical (unpaired) electrons. The molecule has 108 valence electrons. The maximum absolute atomic E-state index is 11.7. The van der Waals surface area contributed by atoms with Crippen LogP contribution in [0.3, 0.4) is 0 Å². The Kier molecular flexibility index (Phi) is 2.29. The number of esters is 1. The number of rotatable bonds is 2. The van der Waals surface area contributed by atoms with Gasteiger partial charge in [-0.2, -0.15) is 0 Å². The van der Waals surface area contributed by atoms with Crippen LogP contribution in [0.5, 0.6) is 0 Å². The fraction of sp³-hybridized carbons (Fsp3) is 0.824. The Labute approximate surface area is 119 Å². The highest BCUT2D eigenvalue weighted by Gasteiger charge is 2.62. The third-order valence-corrected chi connectivity index (χ3v) is 7.15. The highest BCUT2D eigenvalue weighted by molar-refractivity contribution is 5.74. The van der Waals surface area contributed by atoms with Gasteiger partial charge < -0.3 is 9.84 Å². The molecule has 0 aromatic rings. The SMILES string of the molecule is O=C1OCCC1C(O)C1CC2CC1C1C3C=CC(C3)C21. The lowest BCUT2D eigenvalue weighted by Crippen LogP contribution is -2.40. The summed E-state index contributed by atoms with van der Waals surface area (Å²) in [5.74, 6) is 4.71. The minimum Gasteiger partial charge on any atom is -0.465 e. The van der Waals surface area contributed by atoms with Crippen molar-refractivity contribution in [3.8, 4) is 0 Å². The Balaban J connectivity index is 1.40. The minimum absolute atomic E-state index is 0.162. The van der Waals surface area contributed by atoms with Crippen molar-refractivity contribution in [2.24, 2.45) is 47.3 Å². The molecule has 4 aliphatic carbocycles. The maximum atomic E-state index is 11.7. The van der Waals surface area contributed by atoms with Crippen molar-refractivity contribution in [2.45, 2.75) is 31.8 Å². The van der Waals surface area contributed by atoms with Gasteiger partial charge >= 0.3 is 5.97 Å². The molecule has 0 aromatic carbocycles. The lowest BCUT2D eigenvalue weighted by atomic mass is 9.66. The van der Waals surface area contributed by atoms with Gasteiger partial charge in [0.2, 0.25) is 0 Å². The number of hydrogen-bond acceptors (Lipinski definition) is 3. The Hall–Kier alpha value is -0.830. The van der Waals surface area contributed by atoms with Crippen molar-refractivity contribution < 1.29 is 14.6 Å². The lowest BCUT2D eigenvalue weighted by molar-refractivity contribution is -0.145. The summed E-state index contributed by atoms with van der Waals surface area (Å²) in [5, 5.41) is 10.7. The van der Waals surface area contributed by atoms with Crippen molar-refractivity contribution in [1.29, 1.82) is 0 Å². The van der Waals surface area contributed by atoms with Crippen molar-refractivity contribution in [2.75, 3.05) is 6.61 Å². The Bertz CT molecular complexity index is 485. The van der Waals surface area contributed by atoms with E-state index in [1.54, 1.807) is 0 Å². The summed E-state index contributed by atoms with van der Waals surface area (Å²) in [4.78, 5) is 11.7. The van der Waals surface area contributed by atoms with E-state index in [1.807, 2.05) is 0 Å². The second kappa shape index (κ2) is 3.88. The lowest BCUT2D eigenvalue weighted by Gasteiger charge is -2.39. The number of hydrogen-bond donors (Lipinski definition) is 1. The summed E-state index contributed by atoms with van der Waals surface area (Å²) in [6.45, 7) is 0.501. The van der Waals surface area contributed by atoms with Crippen LogP contribution in [-0.2, 0) is 9.53 Å². The van der Waals surface area contributed by atoms with Gasteiger partial charge in [-0.05, 0) is 67.1 Å². The van der Waals surface area contributed by atoms with Crippen LogP contribution in [0.15, 0.2) is 12.2 Å². The highest BCUT2D eigenvalue weighted by atomic mass is 16.5. The zero-order chi connectivity index (χ0) is 13.4. The number of fused-ring (bicyclic) bond motifs is 9. The monoisotopic (exact) mass is 274 g/mol. The molecule has 3 heteroatoms. The van der Waals surface area contributed by atoms with Crippen LogP contribution in [0.2, 0.25) is 0 Å². The second-order valence-electron chi connectivity index (χ2n) is 7.72. The summed E-state index contributed by atoms with van der Waals surface area (Å²) in [5.41, 5.74) is 0. The van der Waals surface area contributed by atoms with Gasteiger partial charge in [-0.1, -0.05) is 12.2 Å². The first-order valence-corrected chi connectivity index (χ1v) is 8.27. The summed E-state index contributed by atoms with van der Waals surface area (Å²) in [7, 11) is 0. The summed E-state index contributed by atoms with van der Waals surface area (Å²) in [6.07, 6.45) is 8.95. The van der Waals surface area contributed by atoms with E-state index in [4.69, 9.17) is 4.74 Å². The fourth-order valence-electron chi connectivity index (χ4n) is 6.58. The van der Waals surface area contributed by atoms with Gasteiger partial charge in [0.25, 0.3) is 0 Å². The molecule has 1 N–H and O–H groups in total. The molecule has 0 spiro atoms. The average Bonchev–Trinajstić information content (AvgIpc) is 3.22. The number of allylic oxidation sites excluding steroid dienone is 2. The largest absolute Gasteiger partial charge is 0.465 e. The van der Waals surface area contributed by atoms with E-state index in [0.29, 0.717) is 24.9 Å². The topological polar surface area (TPSA) is 46.5 Å². The number of carbonyl (C=O) groups is 1. The van der Waals surface area contributed by atoms with Crippen molar-refractivity contribution in [1.82, 2.24) is 0 Å². The average molecular weight is 274 g/mol. The van der Waals surface area contributed by atoms with Crippen molar-refractivity contribution in [3.63, 3.8) is 0 Å². The molecule has 4 bridgehead atoms. The van der Waals surface area contributed by atoms with Crippen LogP contribution in [0, 0.1) is 47.3 Å². The summed E-state index contributed by atoms with van der Waals surface area (Å²) >= 11 is 0. The van der Waals surface area contributed by atoms with Gasteiger partial charge in [0.05, 0.1) is 18.6 Å². The van der Waals surface area contributed by atoms with E-state index in [0.717, 1.165) is 36.0 Å². The molecule has 9 unspecified atom stereocenters. The molecule has 3 nitrogen and oxygen atoms in total. The fourth-order valence-corrected chi connectivity index (χ4v) is 6.58. The Morgan fingerprint density at radius 1 is 1.15 bits per heavy atom. The first-order chi connectivity index (χ1) is 9.74. The Morgan fingerprint density at radius 2 is 1.95 bits per heavy atom. The van der Waals surface area contributed by atoms with Crippen LogP contribution in [0.4, 0.5) is 0 Å². The van der Waals surface area contributed by atoms with Crippen LogP contribution >= 0.6 is 0 Å². The smallest absolute Gasteiger partial charge is 0.311 e. The van der Waals surface area contributed by atoms with Gasteiger partial charge in [-0.3, -0.25) is 4.79 Å². The molecule has 0 aromatic heterocycles. The van der Waals surface area contributed by atoms with Gasteiger partial charge in [-0.25, -0.2) is 0 Å². The molecule has 9 atom stereocenters. The zero-order valence-corrected chi connectivity index (χ0v) is 11.7. The molecule has 1 aliphatic heterocycles. The first kappa shape index (κ1) is 11.8. The van der Waals surface area contributed by atoms with Crippen molar-refractivity contribution in [3.05, 3.63) is 12.2 Å². The summed E-state index contributed by atoms with van der Waals surface area (Å²) < 4.78 is 5.05. The molecule has 1 heterocycles.